The highest BCUT2D eigenvalue weighted by Gasteiger charge is 2.26. The van der Waals surface area contributed by atoms with Gasteiger partial charge >= 0.3 is 12.0 Å². The van der Waals surface area contributed by atoms with Gasteiger partial charge in [-0.05, 0) is 19.8 Å². The van der Waals surface area contributed by atoms with Crippen LogP contribution in [-0.4, -0.2) is 54.2 Å². The summed E-state index contributed by atoms with van der Waals surface area (Å²) in [5, 5.41) is 15.2. The summed E-state index contributed by atoms with van der Waals surface area (Å²) < 4.78 is 4.50. The van der Waals surface area contributed by atoms with E-state index in [-0.39, 0.29) is 11.9 Å². The predicted molar refractivity (Wildman–Crippen MR) is 65.8 cm³/mol. The quantitative estimate of drug-likeness (QED) is 0.454. The van der Waals surface area contributed by atoms with Gasteiger partial charge in [0.1, 0.15) is 19.3 Å². The van der Waals surface area contributed by atoms with Crippen LogP contribution in [0.15, 0.2) is 0 Å². The van der Waals surface area contributed by atoms with E-state index in [9.17, 15) is 19.2 Å². The maximum atomic E-state index is 11.5. The minimum atomic E-state index is -1.22. The molecule has 0 bridgehead atoms. The molecule has 1 aliphatic carbocycles. The zero-order valence-corrected chi connectivity index (χ0v) is 11.0. The van der Waals surface area contributed by atoms with Crippen molar-refractivity contribution in [3.63, 3.8) is 0 Å². The Balaban J connectivity index is 2.18. The Morgan fingerprint density at radius 2 is 1.90 bits per heavy atom. The molecule has 20 heavy (non-hydrogen) atoms. The molecule has 1 unspecified atom stereocenters. The summed E-state index contributed by atoms with van der Waals surface area (Å²) in [6.07, 6.45) is 1.87. The topological polar surface area (TPSA) is 134 Å². The van der Waals surface area contributed by atoms with Crippen LogP contribution in [0.25, 0.3) is 0 Å². The number of ether oxygens (including phenoxy) is 1. The molecule has 0 aromatic heterocycles. The number of amides is 4. The number of nitrogens with one attached hydrogen (secondary N) is 3. The molecule has 0 aromatic carbocycles. The number of carbonyl (C=O) groups is 4. The fourth-order valence-corrected chi connectivity index (χ4v) is 1.25. The van der Waals surface area contributed by atoms with Crippen molar-refractivity contribution < 1.29 is 29.0 Å². The number of rotatable bonds is 7. The fraction of sp³-hybridized carbons (Fsp3) is 0.636. The number of hydrogen-bond donors (Lipinski definition) is 4. The Morgan fingerprint density at radius 1 is 1.25 bits per heavy atom. The summed E-state index contributed by atoms with van der Waals surface area (Å²) in [4.78, 5) is 44.2. The molecule has 1 fully saturated rings. The Labute approximate surface area is 115 Å². The number of carbonyl (C=O) groups excluding carboxylic acids is 3. The van der Waals surface area contributed by atoms with Crippen molar-refractivity contribution in [3.05, 3.63) is 0 Å². The number of aliphatic carboxylic acids is 1. The molecule has 1 atom stereocenters. The van der Waals surface area contributed by atoms with Gasteiger partial charge in [0.15, 0.2) is 0 Å². The van der Waals surface area contributed by atoms with E-state index in [1.165, 1.54) is 6.92 Å². The summed E-state index contributed by atoms with van der Waals surface area (Å²) in [6, 6.07) is -1.43. The lowest BCUT2D eigenvalue weighted by Crippen LogP contribution is -2.50. The van der Waals surface area contributed by atoms with Gasteiger partial charge in [-0.3, -0.25) is 14.9 Å². The zero-order valence-electron chi connectivity index (χ0n) is 11.0. The number of carboxylic acids is 1. The maximum absolute atomic E-state index is 11.5. The summed E-state index contributed by atoms with van der Waals surface area (Å²) in [5.74, 6) is -2.33. The van der Waals surface area contributed by atoms with Gasteiger partial charge in [0.2, 0.25) is 5.91 Å². The van der Waals surface area contributed by atoms with Crippen LogP contribution < -0.4 is 16.0 Å². The second-order valence-corrected chi connectivity index (χ2v) is 4.41. The average Bonchev–Trinajstić information content (AvgIpc) is 3.11. The highest BCUT2D eigenvalue weighted by atomic mass is 16.5. The van der Waals surface area contributed by atoms with Crippen molar-refractivity contribution in [2.45, 2.75) is 31.8 Å². The fourth-order valence-electron chi connectivity index (χ4n) is 1.25. The second kappa shape index (κ2) is 7.43. The highest BCUT2D eigenvalue weighted by molar-refractivity contribution is 5.97. The summed E-state index contributed by atoms with van der Waals surface area (Å²) >= 11 is 0. The van der Waals surface area contributed by atoms with E-state index >= 15 is 0 Å². The van der Waals surface area contributed by atoms with Gasteiger partial charge in [0, 0.05) is 6.04 Å². The Kier molecular flexibility index (Phi) is 5.91. The molecule has 9 heteroatoms. The smallest absolute Gasteiger partial charge is 0.329 e. The van der Waals surface area contributed by atoms with E-state index in [2.05, 4.69) is 15.4 Å². The van der Waals surface area contributed by atoms with E-state index in [0.717, 1.165) is 12.8 Å². The van der Waals surface area contributed by atoms with Crippen molar-refractivity contribution in [1.29, 1.82) is 0 Å². The van der Waals surface area contributed by atoms with Crippen LogP contribution in [-0.2, 0) is 19.1 Å². The minimum Gasteiger partial charge on any atom is -0.480 e. The molecule has 1 saturated carbocycles. The third kappa shape index (κ3) is 6.69. The minimum absolute atomic E-state index is 0.181. The van der Waals surface area contributed by atoms with E-state index in [4.69, 9.17) is 5.11 Å². The molecule has 0 saturated heterocycles. The molecule has 0 heterocycles. The van der Waals surface area contributed by atoms with Crippen LogP contribution in [0, 0.1) is 0 Å². The first-order valence-electron chi connectivity index (χ1n) is 6.08. The molecule has 9 nitrogen and oxygen atoms in total. The molecule has 0 radical (unpaired) electrons. The molecule has 1 aliphatic rings. The van der Waals surface area contributed by atoms with E-state index in [1.807, 2.05) is 5.32 Å². The molecular formula is C11H17N3O6. The SMILES string of the molecule is CC(NC(=O)NC(=O)COCC(=O)O)C(=O)NC1CC1. The first kappa shape index (κ1) is 15.9. The van der Waals surface area contributed by atoms with Crippen LogP contribution in [0.3, 0.4) is 0 Å². The van der Waals surface area contributed by atoms with Crippen LogP contribution in [0.2, 0.25) is 0 Å². The molecule has 112 valence electrons. The third-order valence-electron chi connectivity index (χ3n) is 2.38. The van der Waals surface area contributed by atoms with Crippen molar-refractivity contribution in [2.24, 2.45) is 0 Å². The Bertz CT molecular complexity index is 407. The molecule has 4 N–H and O–H groups in total. The molecule has 0 spiro atoms. The highest BCUT2D eigenvalue weighted by Crippen LogP contribution is 2.18. The lowest BCUT2D eigenvalue weighted by atomic mass is 10.3. The van der Waals surface area contributed by atoms with Crippen molar-refractivity contribution >= 4 is 23.8 Å². The normalized spacial score (nSPS) is 15.1. The Hall–Kier alpha value is -2.16. The van der Waals surface area contributed by atoms with Crippen LogP contribution in [0.1, 0.15) is 19.8 Å². The number of urea groups is 1. The lowest BCUT2D eigenvalue weighted by Gasteiger charge is -2.13. The van der Waals surface area contributed by atoms with Gasteiger partial charge in [-0.25, -0.2) is 9.59 Å². The summed E-state index contributed by atoms with van der Waals surface area (Å²) in [5.41, 5.74) is 0. The lowest BCUT2D eigenvalue weighted by molar-refractivity contribution is -0.143. The van der Waals surface area contributed by atoms with Gasteiger partial charge in [0.25, 0.3) is 5.91 Å². The zero-order chi connectivity index (χ0) is 15.1. The molecule has 0 aliphatic heterocycles. The summed E-state index contributed by atoms with van der Waals surface area (Å²) in [6.45, 7) is 0.306. The largest absolute Gasteiger partial charge is 0.480 e. The predicted octanol–water partition coefficient (Wildman–Crippen LogP) is -1.42. The van der Waals surface area contributed by atoms with Gasteiger partial charge < -0.3 is 20.5 Å². The standard InChI is InChI=1S/C11H17N3O6/c1-6(10(18)13-7-2-3-7)12-11(19)14-8(15)4-20-5-9(16)17/h6-7H,2-5H2,1H3,(H,13,18)(H,16,17)(H2,12,14,15,19). The van der Waals surface area contributed by atoms with Gasteiger partial charge in [0.05, 0.1) is 0 Å². The van der Waals surface area contributed by atoms with Crippen molar-refractivity contribution in [3.8, 4) is 0 Å². The number of carboxylic acid groups (broad SMARTS) is 1. The first-order chi connectivity index (χ1) is 9.38. The number of imide groups is 1. The first-order valence-corrected chi connectivity index (χ1v) is 6.08. The van der Waals surface area contributed by atoms with Gasteiger partial charge in [-0.1, -0.05) is 0 Å². The van der Waals surface area contributed by atoms with Gasteiger partial charge in [-0.2, -0.15) is 0 Å². The van der Waals surface area contributed by atoms with E-state index in [0.29, 0.717) is 0 Å². The average molecular weight is 287 g/mol. The molecule has 4 amide bonds. The van der Waals surface area contributed by atoms with Crippen molar-refractivity contribution in [2.75, 3.05) is 13.2 Å². The van der Waals surface area contributed by atoms with Crippen LogP contribution in [0.5, 0.6) is 0 Å². The van der Waals surface area contributed by atoms with Gasteiger partial charge in [-0.15, -0.1) is 0 Å². The molecule has 1 rings (SSSR count). The van der Waals surface area contributed by atoms with Crippen molar-refractivity contribution in [1.82, 2.24) is 16.0 Å². The van der Waals surface area contributed by atoms with E-state index < -0.39 is 37.2 Å². The van der Waals surface area contributed by atoms with Crippen LogP contribution >= 0.6 is 0 Å². The number of hydrogen-bond acceptors (Lipinski definition) is 5. The third-order valence-corrected chi connectivity index (χ3v) is 2.38. The second-order valence-electron chi connectivity index (χ2n) is 4.41. The maximum Gasteiger partial charge on any atom is 0.329 e. The monoisotopic (exact) mass is 287 g/mol. The van der Waals surface area contributed by atoms with Crippen LogP contribution in [0.4, 0.5) is 4.79 Å². The summed E-state index contributed by atoms with van der Waals surface area (Å²) in [7, 11) is 0. The Morgan fingerprint density at radius 3 is 2.45 bits per heavy atom. The molecular weight excluding hydrogens is 270 g/mol. The molecule has 0 aromatic rings. The van der Waals surface area contributed by atoms with E-state index in [1.54, 1.807) is 0 Å².